The van der Waals surface area contributed by atoms with Crippen LogP contribution in [0.4, 0.5) is 0 Å². The number of hydrogen-bond donors (Lipinski definition) is 0. The van der Waals surface area contributed by atoms with Crippen LogP contribution in [-0.2, 0) is 0 Å². The summed E-state index contributed by atoms with van der Waals surface area (Å²) in [5.41, 5.74) is 1.08. The van der Waals surface area contributed by atoms with Crippen molar-refractivity contribution in [2.75, 3.05) is 21.3 Å². The van der Waals surface area contributed by atoms with E-state index in [0.29, 0.717) is 0 Å². The highest BCUT2D eigenvalue weighted by Gasteiger charge is 2.26. The van der Waals surface area contributed by atoms with Gasteiger partial charge in [-0.15, -0.1) is 0 Å². The van der Waals surface area contributed by atoms with Gasteiger partial charge < -0.3 is 14.2 Å². The van der Waals surface area contributed by atoms with Crippen LogP contribution in [0, 0.1) is 5.92 Å². The number of halogens is 1. The van der Waals surface area contributed by atoms with Crippen LogP contribution in [0.25, 0.3) is 0 Å². The molecular weight excluding hydrogens is 308 g/mol. The molecule has 1 aromatic carbocycles. The van der Waals surface area contributed by atoms with Crippen LogP contribution >= 0.6 is 15.9 Å². The average molecular weight is 329 g/mol. The van der Waals surface area contributed by atoms with E-state index >= 15 is 0 Å². The number of ether oxygens (including phenoxy) is 3. The first-order valence-electron chi connectivity index (χ1n) is 6.63. The summed E-state index contributed by atoms with van der Waals surface area (Å²) in [6.07, 6.45) is 5.16. The second-order valence-electron chi connectivity index (χ2n) is 4.95. The number of rotatable bonds is 6. The molecule has 0 amide bonds. The maximum Gasteiger partial charge on any atom is 0.130 e. The summed E-state index contributed by atoms with van der Waals surface area (Å²) in [4.78, 5) is 0.258. The van der Waals surface area contributed by atoms with Gasteiger partial charge in [-0.25, -0.2) is 0 Å². The minimum Gasteiger partial charge on any atom is -0.496 e. The third-order valence-corrected chi connectivity index (χ3v) is 4.66. The Balaban J connectivity index is 2.29. The standard InChI is InChI=1S/C15H21BrO3/c1-17-11-8-13(18-2)15(14(9-11)19-3)12(16)7-10-5-4-6-10/h8-10,12H,4-7H2,1-3H3. The van der Waals surface area contributed by atoms with Crippen molar-refractivity contribution in [2.24, 2.45) is 5.92 Å². The van der Waals surface area contributed by atoms with Gasteiger partial charge >= 0.3 is 0 Å². The predicted octanol–water partition coefficient (Wildman–Crippen LogP) is 4.34. The molecule has 2 rings (SSSR count). The first-order chi connectivity index (χ1) is 9.19. The van der Waals surface area contributed by atoms with Gasteiger partial charge in [0.1, 0.15) is 17.2 Å². The van der Waals surface area contributed by atoms with Crippen molar-refractivity contribution >= 4 is 15.9 Å². The fourth-order valence-corrected chi connectivity index (χ4v) is 3.46. The third kappa shape index (κ3) is 3.16. The summed E-state index contributed by atoms with van der Waals surface area (Å²) in [6, 6.07) is 3.82. The monoisotopic (exact) mass is 328 g/mol. The summed E-state index contributed by atoms with van der Waals surface area (Å²) in [6.45, 7) is 0. The largest absolute Gasteiger partial charge is 0.496 e. The molecule has 1 aromatic rings. The molecule has 106 valence electrons. The van der Waals surface area contributed by atoms with Gasteiger partial charge in [0.05, 0.1) is 26.9 Å². The van der Waals surface area contributed by atoms with Gasteiger partial charge in [-0.2, -0.15) is 0 Å². The van der Waals surface area contributed by atoms with E-state index < -0.39 is 0 Å². The molecule has 0 N–H and O–H groups in total. The highest BCUT2D eigenvalue weighted by Crippen LogP contribution is 2.46. The first-order valence-corrected chi connectivity index (χ1v) is 7.55. The number of alkyl halides is 1. The van der Waals surface area contributed by atoms with E-state index in [1.807, 2.05) is 12.1 Å². The Morgan fingerprint density at radius 2 is 1.68 bits per heavy atom. The minimum atomic E-state index is 0.258. The van der Waals surface area contributed by atoms with Crippen molar-refractivity contribution < 1.29 is 14.2 Å². The van der Waals surface area contributed by atoms with Gasteiger partial charge in [0, 0.05) is 17.0 Å². The van der Waals surface area contributed by atoms with Crippen LogP contribution in [0.1, 0.15) is 36.1 Å². The van der Waals surface area contributed by atoms with E-state index in [9.17, 15) is 0 Å². The van der Waals surface area contributed by atoms with Crippen LogP contribution in [0.3, 0.4) is 0 Å². The van der Waals surface area contributed by atoms with Crippen molar-refractivity contribution in [3.63, 3.8) is 0 Å². The molecule has 1 fully saturated rings. The first kappa shape index (κ1) is 14.5. The van der Waals surface area contributed by atoms with Crippen LogP contribution in [0.5, 0.6) is 17.2 Å². The van der Waals surface area contributed by atoms with Crippen molar-refractivity contribution in [2.45, 2.75) is 30.5 Å². The number of hydrogen-bond acceptors (Lipinski definition) is 3. The molecule has 1 aliphatic carbocycles. The van der Waals surface area contributed by atoms with E-state index in [-0.39, 0.29) is 4.83 Å². The summed E-state index contributed by atoms with van der Waals surface area (Å²) in [5.74, 6) is 3.21. The van der Waals surface area contributed by atoms with Crippen molar-refractivity contribution in [1.82, 2.24) is 0 Å². The van der Waals surface area contributed by atoms with E-state index in [1.165, 1.54) is 19.3 Å². The Hall–Kier alpha value is -0.900. The Labute approximate surface area is 123 Å². The molecule has 0 radical (unpaired) electrons. The molecule has 0 saturated heterocycles. The molecule has 0 aliphatic heterocycles. The fraction of sp³-hybridized carbons (Fsp3) is 0.600. The molecule has 0 aromatic heterocycles. The SMILES string of the molecule is COc1cc(OC)c(C(Br)CC2CCC2)c(OC)c1. The quantitative estimate of drug-likeness (QED) is 0.727. The maximum absolute atomic E-state index is 5.49. The lowest BCUT2D eigenvalue weighted by Gasteiger charge is -2.28. The normalized spacial score (nSPS) is 16.6. The molecule has 1 atom stereocenters. The van der Waals surface area contributed by atoms with Crippen molar-refractivity contribution in [3.8, 4) is 17.2 Å². The van der Waals surface area contributed by atoms with Gasteiger partial charge in [0.15, 0.2) is 0 Å². The zero-order valence-electron chi connectivity index (χ0n) is 11.7. The van der Waals surface area contributed by atoms with Crippen molar-refractivity contribution in [3.05, 3.63) is 17.7 Å². The fourth-order valence-electron chi connectivity index (χ4n) is 2.48. The molecule has 1 aliphatic rings. The van der Waals surface area contributed by atoms with Gasteiger partial charge in [0.25, 0.3) is 0 Å². The van der Waals surface area contributed by atoms with Crippen LogP contribution in [0.2, 0.25) is 0 Å². The van der Waals surface area contributed by atoms with E-state index in [2.05, 4.69) is 15.9 Å². The molecule has 3 nitrogen and oxygen atoms in total. The van der Waals surface area contributed by atoms with Gasteiger partial charge in [-0.05, 0) is 12.3 Å². The lowest BCUT2D eigenvalue weighted by atomic mass is 9.81. The molecule has 0 spiro atoms. The number of methoxy groups -OCH3 is 3. The molecule has 4 heteroatoms. The zero-order chi connectivity index (χ0) is 13.8. The molecule has 1 unspecified atom stereocenters. The summed E-state index contributed by atoms with van der Waals surface area (Å²) < 4.78 is 16.3. The molecule has 0 bridgehead atoms. The Kier molecular flexibility index (Phi) is 4.97. The molecule has 19 heavy (non-hydrogen) atoms. The topological polar surface area (TPSA) is 27.7 Å². The average Bonchev–Trinajstić information content (AvgIpc) is 2.40. The predicted molar refractivity (Wildman–Crippen MR) is 79.7 cm³/mol. The van der Waals surface area contributed by atoms with Crippen LogP contribution in [-0.4, -0.2) is 21.3 Å². The Bertz CT molecular complexity index is 404. The van der Waals surface area contributed by atoms with E-state index in [0.717, 1.165) is 35.2 Å². The summed E-state index contributed by atoms with van der Waals surface area (Å²) in [5, 5.41) is 0. The second-order valence-corrected chi connectivity index (χ2v) is 6.05. The lowest BCUT2D eigenvalue weighted by Crippen LogP contribution is -2.13. The Morgan fingerprint density at radius 1 is 1.11 bits per heavy atom. The zero-order valence-corrected chi connectivity index (χ0v) is 13.3. The van der Waals surface area contributed by atoms with Gasteiger partial charge in [-0.3, -0.25) is 0 Å². The van der Waals surface area contributed by atoms with Gasteiger partial charge in [-0.1, -0.05) is 35.2 Å². The smallest absolute Gasteiger partial charge is 0.130 e. The van der Waals surface area contributed by atoms with Crippen LogP contribution < -0.4 is 14.2 Å². The Morgan fingerprint density at radius 3 is 2.05 bits per heavy atom. The molecule has 1 saturated carbocycles. The third-order valence-electron chi connectivity index (χ3n) is 3.83. The van der Waals surface area contributed by atoms with E-state index in [4.69, 9.17) is 14.2 Å². The summed E-state index contributed by atoms with van der Waals surface area (Å²) >= 11 is 3.79. The maximum atomic E-state index is 5.49. The highest BCUT2D eigenvalue weighted by molar-refractivity contribution is 9.09. The molecule has 0 heterocycles. The van der Waals surface area contributed by atoms with Crippen LogP contribution in [0.15, 0.2) is 12.1 Å². The highest BCUT2D eigenvalue weighted by atomic mass is 79.9. The van der Waals surface area contributed by atoms with Crippen molar-refractivity contribution in [1.29, 1.82) is 0 Å². The van der Waals surface area contributed by atoms with E-state index in [1.54, 1.807) is 21.3 Å². The summed E-state index contributed by atoms with van der Waals surface area (Å²) in [7, 11) is 5.01. The van der Waals surface area contributed by atoms with Gasteiger partial charge in [0.2, 0.25) is 0 Å². The lowest BCUT2D eigenvalue weighted by molar-refractivity contribution is 0.291. The second kappa shape index (κ2) is 6.51. The molecular formula is C15H21BrO3. The minimum absolute atomic E-state index is 0.258. The number of benzene rings is 1.